The minimum atomic E-state index is -0.629. The second-order valence-corrected chi connectivity index (χ2v) is 8.96. The number of phenolic OH excluding ortho intramolecular Hbond substituents is 4. The quantitative estimate of drug-likeness (QED) is 0.412. The Balaban J connectivity index is 1.31. The number of carbonyl (C=O) groups is 4. The van der Waals surface area contributed by atoms with E-state index in [1.165, 1.54) is 36.4 Å². The van der Waals surface area contributed by atoms with Gasteiger partial charge in [0.1, 0.15) is 23.0 Å². The van der Waals surface area contributed by atoms with E-state index in [9.17, 15) is 39.6 Å². The van der Waals surface area contributed by atoms with Gasteiger partial charge in [0, 0.05) is 38.1 Å². The Morgan fingerprint density at radius 3 is 1.43 bits per heavy atom. The molecule has 2 aliphatic rings. The van der Waals surface area contributed by atoms with Gasteiger partial charge in [0.2, 0.25) is 23.6 Å². The topological polar surface area (TPSA) is 156 Å². The number of amides is 4. The molecule has 4 amide bonds. The van der Waals surface area contributed by atoms with Crippen molar-refractivity contribution in [2.24, 2.45) is 11.8 Å². The molecule has 0 saturated carbocycles. The molecule has 2 fully saturated rings. The van der Waals surface area contributed by atoms with Gasteiger partial charge in [-0.05, 0) is 42.5 Å². The third-order valence-electron chi connectivity index (χ3n) is 6.51. The van der Waals surface area contributed by atoms with Crippen molar-refractivity contribution in [3.8, 4) is 23.0 Å². The molecule has 10 heteroatoms. The second-order valence-electron chi connectivity index (χ2n) is 8.96. The predicted molar refractivity (Wildman–Crippen MR) is 121 cm³/mol. The first-order valence-corrected chi connectivity index (χ1v) is 11.3. The van der Waals surface area contributed by atoms with E-state index in [-0.39, 0.29) is 91.8 Å². The Morgan fingerprint density at radius 2 is 1.06 bits per heavy atom. The van der Waals surface area contributed by atoms with Crippen LogP contribution in [0.1, 0.15) is 30.4 Å². The number of benzene rings is 2. The van der Waals surface area contributed by atoms with Gasteiger partial charge in [0.05, 0.1) is 11.8 Å². The summed E-state index contributed by atoms with van der Waals surface area (Å²) in [6, 6.07) is 8.15. The van der Waals surface area contributed by atoms with E-state index in [0.717, 1.165) is 9.80 Å². The number of hydrogen-bond acceptors (Lipinski definition) is 8. The largest absolute Gasteiger partial charge is 0.508 e. The van der Waals surface area contributed by atoms with Crippen molar-refractivity contribution in [3.63, 3.8) is 0 Å². The fourth-order valence-corrected chi connectivity index (χ4v) is 4.66. The zero-order valence-electron chi connectivity index (χ0n) is 18.9. The standard InChI is InChI=1S/C25H26N2O8/c28-18-4-2-14(20(30)12-18)8-16-10-22(32)26(24(16)34)6-1-7-27-23(33)11-17(25(27)35)9-15-3-5-19(29)13-21(15)31/h2-5,12-13,16-17,28-31H,1,6-11H2. The Labute approximate surface area is 201 Å². The molecule has 2 aromatic carbocycles. The SMILES string of the molecule is O=C1CC(Cc2ccc(O)cc2O)C(=O)N1CCCN1C(=O)CC(Cc2ccc(O)cc2O)C1=O. The van der Waals surface area contributed by atoms with Crippen LogP contribution in [-0.4, -0.2) is 66.9 Å². The molecule has 0 radical (unpaired) electrons. The summed E-state index contributed by atoms with van der Waals surface area (Å²) in [5.41, 5.74) is 0.907. The molecule has 0 aromatic heterocycles. The van der Waals surface area contributed by atoms with E-state index in [1.807, 2.05) is 0 Å². The van der Waals surface area contributed by atoms with Crippen molar-refractivity contribution >= 4 is 23.6 Å². The highest BCUT2D eigenvalue weighted by molar-refractivity contribution is 6.04. The highest BCUT2D eigenvalue weighted by atomic mass is 16.3. The zero-order chi connectivity index (χ0) is 25.3. The van der Waals surface area contributed by atoms with Gasteiger partial charge < -0.3 is 20.4 Å². The van der Waals surface area contributed by atoms with Crippen LogP contribution in [0.15, 0.2) is 36.4 Å². The Hall–Kier alpha value is -4.08. The molecule has 2 heterocycles. The molecule has 2 atom stereocenters. The van der Waals surface area contributed by atoms with Crippen LogP contribution in [0.5, 0.6) is 23.0 Å². The van der Waals surface area contributed by atoms with Crippen LogP contribution in [0.2, 0.25) is 0 Å². The molecule has 4 rings (SSSR count). The van der Waals surface area contributed by atoms with Crippen LogP contribution >= 0.6 is 0 Å². The molecule has 2 saturated heterocycles. The average molecular weight is 482 g/mol. The van der Waals surface area contributed by atoms with E-state index >= 15 is 0 Å². The molecular formula is C25H26N2O8. The van der Waals surface area contributed by atoms with Gasteiger partial charge in [-0.15, -0.1) is 0 Å². The predicted octanol–water partition coefficient (Wildman–Crippen LogP) is 1.43. The third kappa shape index (κ3) is 5.06. The van der Waals surface area contributed by atoms with Crippen molar-refractivity contribution in [2.75, 3.05) is 13.1 Å². The van der Waals surface area contributed by atoms with Gasteiger partial charge in [-0.3, -0.25) is 29.0 Å². The molecule has 0 spiro atoms. The maximum Gasteiger partial charge on any atom is 0.233 e. The summed E-state index contributed by atoms with van der Waals surface area (Å²) < 4.78 is 0. The van der Waals surface area contributed by atoms with Gasteiger partial charge in [-0.25, -0.2) is 0 Å². The lowest BCUT2D eigenvalue weighted by molar-refractivity contribution is -0.139. The number of aromatic hydroxyl groups is 4. The molecule has 4 N–H and O–H groups in total. The van der Waals surface area contributed by atoms with Crippen LogP contribution in [0.3, 0.4) is 0 Å². The van der Waals surface area contributed by atoms with Gasteiger partial charge in [-0.2, -0.15) is 0 Å². The van der Waals surface area contributed by atoms with Crippen molar-refractivity contribution in [1.82, 2.24) is 9.80 Å². The number of nitrogens with zero attached hydrogens (tertiary/aromatic N) is 2. The number of carbonyl (C=O) groups excluding carboxylic acids is 4. The molecule has 2 aromatic rings. The van der Waals surface area contributed by atoms with Gasteiger partial charge in [0.25, 0.3) is 0 Å². The summed E-state index contributed by atoms with van der Waals surface area (Å²) in [6.45, 7) is 0.131. The number of likely N-dealkylation sites (tertiary alicyclic amines) is 2. The van der Waals surface area contributed by atoms with Crippen LogP contribution in [0, 0.1) is 11.8 Å². The van der Waals surface area contributed by atoms with Gasteiger partial charge in [-0.1, -0.05) is 12.1 Å². The lowest BCUT2D eigenvalue weighted by atomic mass is 9.97. The van der Waals surface area contributed by atoms with Crippen molar-refractivity contribution < 1.29 is 39.6 Å². The molecule has 2 unspecified atom stereocenters. The highest BCUT2D eigenvalue weighted by Gasteiger charge is 2.40. The number of imide groups is 2. The summed E-state index contributed by atoms with van der Waals surface area (Å²) in [7, 11) is 0. The number of phenols is 4. The molecule has 2 aliphatic heterocycles. The molecule has 0 aliphatic carbocycles. The molecule has 35 heavy (non-hydrogen) atoms. The van der Waals surface area contributed by atoms with Crippen LogP contribution < -0.4 is 0 Å². The van der Waals surface area contributed by atoms with Gasteiger partial charge in [0.15, 0.2) is 0 Å². The summed E-state index contributed by atoms with van der Waals surface area (Å²) >= 11 is 0. The Morgan fingerprint density at radius 1 is 0.657 bits per heavy atom. The molecule has 10 nitrogen and oxygen atoms in total. The van der Waals surface area contributed by atoms with Crippen LogP contribution in [0.25, 0.3) is 0 Å². The summed E-state index contributed by atoms with van der Waals surface area (Å²) in [6.07, 6.45) is 0.547. The van der Waals surface area contributed by atoms with Crippen LogP contribution in [-0.2, 0) is 32.0 Å². The summed E-state index contributed by atoms with van der Waals surface area (Å²) in [4.78, 5) is 52.6. The Bertz CT molecular complexity index is 1100. The monoisotopic (exact) mass is 482 g/mol. The molecule has 184 valence electrons. The number of rotatable bonds is 8. The first-order valence-electron chi connectivity index (χ1n) is 11.3. The fraction of sp³-hybridized carbons (Fsp3) is 0.360. The van der Waals surface area contributed by atoms with E-state index < -0.39 is 11.8 Å². The summed E-state index contributed by atoms with van der Waals surface area (Å²) in [5.74, 6) is -3.20. The lowest BCUT2D eigenvalue weighted by Crippen LogP contribution is -2.36. The van der Waals surface area contributed by atoms with Crippen molar-refractivity contribution in [3.05, 3.63) is 47.5 Å². The molecule has 0 bridgehead atoms. The van der Waals surface area contributed by atoms with E-state index in [2.05, 4.69) is 0 Å². The van der Waals surface area contributed by atoms with E-state index in [4.69, 9.17) is 0 Å². The van der Waals surface area contributed by atoms with Crippen LogP contribution in [0.4, 0.5) is 0 Å². The average Bonchev–Trinajstić information content (AvgIpc) is 3.21. The van der Waals surface area contributed by atoms with Gasteiger partial charge >= 0.3 is 0 Å². The number of hydrogen-bond donors (Lipinski definition) is 4. The zero-order valence-corrected chi connectivity index (χ0v) is 18.9. The minimum Gasteiger partial charge on any atom is -0.508 e. The van der Waals surface area contributed by atoms with E-state index in [0.29, 0.717) is 11.1 Å². The Kier molecular flexibility index (Phi) is 6.63. The minimum absolute atomic E-state index is 0.00107. The van der Waals surface area contributed by atoms with E-state index in [1.54, 1.807) is 0 Å². The smallest absolute Gasteiger partial charge is 0.233 e. The lowest BCUT2D eigenvalue weighted by Gasteiger charge is -2.19. The van der Waals surface area contributed by atoms with Crippen molar-refractivity contribution in [2.45, 2.75) is 32.1 Å². The third-order valence-corrected chi connectivity index (χ3v) is 6.51. The first-order chi connectivity index (χ1) is 16.6. The normalized spacial score (nSPS) is 20.3. The van der Waals surface area contributed by atoms with Crippen molar-refractivity contribution in [1.29, 1.82) is 0 Å². The maximum absolute atomic E-state index is 12.8. The maximum atomic E-state index is 12.8. The molecular weight excluding hydrogens is 456 g/mol. The highest BCUT2D eigenvalue weighted by Crippen LogP contribution is 2.31. The second kappa shape index (κ2) is 9.65. The summed E-state index contributed by atoms with van der Waals surface area (Å²) in [5, 5.41) is 38.7. The first kappa shape index (κ1) is 24.1. The fourth-order valence-electron chi connectivity index (χ4n) is 4.66.